The van der Waals surface area contributed by atoms with Gasteiger partial charge < -0.3 is 5.32 Å². The maximum absolute atomic E-state index is 8.88. The summed E-state index contributed by atoms with van der Waals surface area (Å²) in [5.41, 5.74) is 2.56. The third-order valence-corrected chi connectivity index (χ3v) is 2.16. The molecular weight excluding hydrogens is 200 g/mol. The van der Waals surface area contributed by atoms with Crippen molar-refractivity contribution in [2.24, 2.45) is 0 Å². The second-order valence-corrected chi connectivity index (χ2v) is 3.40. The van der Waals surface area contributed by atoms with Crippen LogP contribution in [0.3, 0.4) is 0 Å². The molecule has 0 amide bonds. The van der Waals surface area contributed by atoms with Crippen LogP contribution < -0.4 is 5.32 Å². The van der Waals surface area contributed by atoms with Crippen LogP contribution in [0.5, 0.6) is 0 Å². The van der Waals surface area contributed by atoms with Gasteiger partial charge in [-0.2, -0.15) is 10.4 Å². The molecule has 2 aromatic rings. The molecule has 0 saturated carbocycles. The van der Waals surface area contributed by atoms with Gasteiger partial charge in [0.25, 0.3) is 0 Å². The monoisotopic (exact) mass is 210 g/mol. The molecule has 78 valence electrons. The lowest BCUT2D eigenvalue weighted by molar-refractivity contribution is 1.03. The summed E-state index contributed by atoms with van der Waals surface area (Å²) in [5, 5.41) is 19.6. The summed E-state index contributed by atoms with van der Waals surface area (Å²) >= 11 is 0. The van der Waals surface area contributed by atoms with Gasteiger partial charge in [0, 0.05) is 5.69 Å². The zero-order valence-electron chi connectivity index (χ0n) is 8.81. The minimum Gasteiger partial charge on any atom is -0.338 e. The van der Waals surface area contributed by atoms with Crippen LogP contribution in [0.4, 0.5) is 11.5 Å². The second kappa shape index (κ2) is 4.41. The molecule has 0 radical (unpaired) electrons. The van der Waals surface area contributed by atoms with Gasteiger partial charge in [-0.1, -0.05) is 17.7 Å². The predicted octanol–water partition coefficient (Wildman–Crippen LogP) is 2.40. The second-order valence-electron chi connectivity index (χ2n) is 3.40. The van der Waals surface area contributed by atoms with E-state index >= 15 is 0 Å². The maximum Gasteiger partial charge on any atom is 0.171 e. The topological polar surface area (TPSA) is 61.6 Å². The number of aryl methyl sites for hydroxylation is 1. The van der Waals surface area contributed by atoms with E-state index in [0.29, 0.717) is 11.4 Å². The van der Waals surface area contributed by atoms with Crippen molar-refractivity contribution in [1.29, 1.82) is 5.26 Å². The van der Waals surface area contributed by atoms with Crippen LogP contribution in [0, 0.1) is 18.3 Å². The number of nitriles is 1. The van der Waals surface area contributed by atoms with E-state index in [0.717, 1.165) is 5.69 Å². The summed E-state index contributed by atoms with van der Waals surface area (Å²) in [6, 6.07) is 11.5. The molecule has 0 unspecified atom stereocenters. The summed E-state index contributed by atoms with van der Waals surface area (Å²) in [6.07, 6.45) is 1.50. The Morgan fingerprint density at radius 1 is 1.19 bits per heavy atom. The first-order valence-corrected chi connectivity index (χ1v) is 4.85. The number of hydrogen-bond acceptors (Lipinski definition) is 4. The van der Waals surface area contributed by atoms with E-state index in [1.807, 2.05) is 31.2 Å². The number of benzene rings is 1. The molecule has 4 nitrogen and oxygen atoms in total. The molecule has 0 aliphatic carbocycles. The van der Waals surface area contributed by atoms with Crippen LogP contribution in [-0.2, 0) is 0 Å². The third kappa shape index (κ3) is 2.15. The Bertz CT molecular complexity index is 525. The SMILES string of the molecule is Cc1ccc(Nc2nnccc2C#N)cc1. The Kier molecular flexibility index (Phi) is 2.79. The molecule has 4 heteroatoms. The molecule has 0 fully saturated rings. The van der Waals surface area contributed by atoms with Crippen molar-refractivity contribution in [1.82, 2.24) is 10.2 Å². The Balaban J connectivity index is 2.27. The zero-order chi connectivity index (χ0) is 11.4. The summed E-state index contributed by atoms with van der Waals surface area (Å²) in [5.74, 6) is 0.480. The highest BCUT2D eigenvalue weighted by atomic mass is 15.2. The fraction of sp³-hybridized carbons (Fsp3) is 0.0833. The highest BCUT2D eigenvalue weighted by Crippen LogP contribution is 2.17. The van der Waals surface area contributed by atoms with Crippen LogP contribution in [0.2, 0.25) is 0 Å². The Morgan fingerprint density at radius 3 is 2.62 bits per heavy atom. The molecule has 0 aliphatic heterocycles. The highest BCUT2D eigenvalue weighted by Gasteiger charge is 2.02. The Labute approximate surface area is 93.6 Å². The summed E-state index contributed by atoms with van der Waals surface area (Å²) in [4.78, 5) is 0. The number of rotatable bonds is 2. The first-order valence-electron chi connectivity index (χ1n) is 4.85. The molecule has 0 saturated heterocycles. The first-order chi connectivity index (χ1) is 7.79. The largest absolute Gasteiger partial charge is 0.338 e. The van der Waals surface area contributed by atoms with Crippen LogP contribution >= 0.6 is 0 Å². The van der Waals surface area contributed by atoms with Gasteiger partial charge in [-0.15, -0.1) is 5.10 Å². The summed E-state index contributed by atoms with van der Waals surface area (Å²) < 4.78 is 0. The van der Waals surface area contributed by atoms with Crippen LogP contribution in [0.25, 0.3) is 0 Å². The van der Waals surface area contributed by atoms with Gasteiger partial charge in [-0.25, -0.2) is 0 Å². The molecule has 0 spiro atoms. The van der Waals surface area contributed by atoms with Gasteiger partial charge in [0.2, 0.25) is 0 Å². The fourth-order valence-electron chi connectivity index (χ4n) is 1.29. The number of anilines is 2. The molecule has 1 N–H and O–H groups in total. The van der Waals surface area contributed by atoms with Crippen molar-refractivity contribution in [3.8, 4) is 6.07 Å². The standard InChI is InChI=1S/C12H10N4/c1-9-2-4-11(5-3-9)15-12-10(8-13)6-7-14-16-12/h2-7H,1H3,(H,15,16). The normalized spacial score (nSPS) is 9.50. The average molecular weight is 210 g/mol. The van der Waals surface area contributed by atoms with E-state index in [-0.39, 0.29) is 0 Å². The van der Waals surface area contributed by atoms with Crippen molar-refractivity contribution < 1.29 is 0 Å². The van der Waals surface area contributed by atoms with E-state index in [9.17, 15) is 0 Å². The molecule has 2 rings (SSSR count). The third-order valence-electron chi connectivity index (χ3n) is 2.16. The van der Waals surface area contributed by atoms with E-state index in [4.69, 9.17) is 5.26 Å². The van der Waals surface area contributed by atoms with Crippen molar-refractivity contribution in [2.45, 2.75) is 6.92 Å². The van der Waals surface area contributed by atoms with Crippen LogP contribution in [0.15, 0.2) is 36.5 Å². The lowest BCUT2D eigenvalue weighted by Crippen LogP contribution is -1.98. The van der Waals surface area contributed by atoms with Gasteiger partial charge >= 0.3 is 0 Å². The molecule has 0 atom stereocenters. The number of nitrogens with zero attached hydrogens (tertiary/aromatic N) is 3. The van der Waals surface area contributed by atoms with Crippen molar-refractivity contribution >= 4 is 11.5 Å². The van der Waals surface area contributed by atoms with E-state index in [2.05, 4.69) is 21.6 Å². The average Bonchev–Trinajstić information content (AvgIpc) is 2.33. The molecular formula is C12H10N4. The minimum absolute atomic E-state index is 0.480. The molecule has 1 heterocycles. The number of nitrogens with one attached hydrogen (secondary N) is 1. The maximum atomic E-state index is 8.88. The summed E-state index contributed by atoms with van der Waals surface area (Å²) in [7, 11) is 0. The van der Waals surface area contributed by atoms with E-state index in [1.165, 1.54) is 11.8 Å². The molecule has 0 bridgehead atoms. The molecule has 16 heavy (non-hydrogen) atoms. The number of aromatic nitrogens is 2. The molecule has 1 aromatic heterocycles. The fourth-order valence-corrected chi connectivity index (χ4v) is 1.29. The van der Waals surface area contributed by atoms with Gasteiger partial charge in [0.15, 0.2) is 5.82 Å². The zero-order valence-corrected chi connectivity index (χ0v) is 8.81. The molecule has 0 aliphatic rings. The van der Waals surface area contributed by atoms with Crippen molar-refractivity contribution in [2.75, 3.05) is 5.32 Å². The van der Waals surface area contributed by atoms with Gasteiger partial charge in [0.05, 0.1) is 11.8 Å². The first kappa shape index (κ1) is 10.1. The van der Waals surface area contributed by atoms with Crippen LogP contribution in [0.1, 0.15) is 11.1 Å². The van der Waals surface area contributed by atoms with Crippen molar-refractivity contribution in [3.63, 3.8) is 0 Å². The van der Waals surface area contributed by atoms with E-state index < -0.39 is 0 Å². The van der Waals surface area contributed by atoms with Gasteiger partial charge in [-0.05, 0) is 25.1 Å². The Hall–Kier alpha value is -2.41. The van der Waals surface area contributed by atoms with Gasteiger partial charge in [-0.3, -0.25) is 0 Å². The minimum atomic E-state index is 0.480. The quantitative estimate of drug-likeness (QED) is 0.826. The number of hydrogen-bond donors (Lipinski definition) is 1. The van der Waals surface area contributed by atoms with Crippen molar-refractivity contribution in [3.05, 3.63) is 47.7 Å². The highest BCUT2D eigenvalue weighted by molar-refractivity contribution is 5.61. The van der Waals surface area contributed by atoms with Gasteiger partial charge in [0.1, 0.15) is 6.07 Å². The smallest absolute Gasteiger partial charge is 0.171 e. The van der Waals surface area contributed by atoms with Crippen LogP contribution in [-0.4, -0.2) is 10.2 Å². The summed E-state index contributed by atoms with van der Waals surface area (Å²) in [6.45, 7) is 2.02. The van der Waals surface area contributed by atoms with E-state index in [1.54, 1.807) is 6.07 Å². The molecule has 1 aromatic carbocycles. The predicted molar refractivity (Wildman–Crippen MR) is 61.2 cm³/mol. The lowest BCUT2D eigenvalue weighted by Gasteiger charge is -2.05. The lowest BCUT2D eigenvalue weighted by atomic mass is 10.2. The Morgan fingerprint density at radius 2 is 1.94 bits per heavy atom.